The zero-order chi connectivity index (χ0) is 26.9. The second-order valence-corrected chi connectivity index (χ2v) is 10.1. The van der Waals surface area contributed by atoms with Crippen LogP contribution in [0.1, 0.15) is 38.7 Å². The van der Waals surface area contributed by atoms with Crippen LogP contribution in [0.2, 0.25) is 0 Å². The van der Waals surface area contributed by atoms with E-state index in [1.807, 2.05) is 52.5 Å². The molecule has 0 heterocycles. The minimum absolute atomic E-state index is 0.0727. The maximum atomic E-state index is 12.4. The molecule has 3 aromatic carbocycles. The Morgan fingerprint density at radius 3 is 2.05 bits per heavy atom. The van der Waals surface area contributed by atoms with Crippen molar-refractivity contribution in [3.63, 3.8) is 0 Å². The lowest BCUT2D eigenvalue weighted by atomic mass is 10.0. The third-order valence-corrected chi connectivity index (χ3v) is 7.23. The summed E-state index contributed by atoms with van der Waals surface area (Å²) in [6.45, 7) is 6.69. The van der Waals surface area contributed by atoms with Crippen molar-refractivity contribution >= 4 is 46.0 Å². The topological polar surface area (TPSA) is 59.1 Å². The fourth-order valence-electron chi connectivity index (χ4n) is 4.14. The number of rotatable bonds is 11. The highest BCUT2D eigenvalue weighted by Crippen LogP contribution is 2.39. The Hall–Kier alpha value is -3.63. The van der Waals surface area contributed by atoms with Crippen LogP contribution < -0.4 is 9.21 Å². The first kappa shape index (κ1) is 27.9. The van der Waals surface area contributed by atoms with E-state index in [0.717, 1.165) is 27.0 Å². The van der Waals surface area contributed by atoms with Crippen molar-refractivity contribution < 1.29 is 19.1 Å². The van der Waals surface area contributed by atoms with Gasteiger partial charge in [-0.1, -0.05) is 56.2 Å². The molecule has 6 nitrogen and oxygen atoms in total. The average molecular weight is 519 g/mol. The van der Waals surface area contributed by atoms with Crippen molar-refractivity contribution in [2.45, 2.75) is 44.0 Å². The SMILES string of the molecule is C#CCN(c1ccc(N(CC(=O)OC)Sc2ccc(C(C)C)cc2)c2ccccc12)C(C)CC(=O)OC. The van der Waals surface area contributed by atoms with E-state index in [-0.39, 0.29) is 30.9 Å². The predicted molar refractivity (Wildman–Crippen MR) is 152 cm³/mol. The quantitative estimate of drug-likeness (QED) is 0.174. The Balaban J connectivity index is 2.06. The molecule has 0 saturated carbocycles. The van der Waals surface area contributed by atoms with Crippen LogP contribution in [0, 0.1) is 12.3 Å². The van der Waals surface area contributed by atoms with Crippen molar-refractivity contribution in [2.75, 3.05) is 36.5 Å². The molecule has 0 aliphatic rings. The molecule has 0 fully saturated rings. The summed E-state index contributed by atoms with van der Waals surface area (Å²) in [5.74, 6) is 2.53. The first-order valence-corrected chi connectivity index (χ1v) is 13.0. The fourth-order valence-corrected chi connectivity index (χ4v) is 5.08. The van der Waals surface area contributed by atoms with Gasteiger partial charge in [-0.2, -0.15) is 0 Å². The lowest BCUT2D eigenvalue weighted by molar-refractivity contribution is -0.141. The largest absolute Gasteiger partial charge is 0.469 e. The Morgan fingerprint density at radius 1 is 0.892 bits per heavy atom. The van der Waals surface area contributed by atoms with Crippen LogP contribution in [0.25, 0.3) is 10.8 Å². The second-order valence-electron chi connectivity index (χ2n) is 9.04. The van der Waals surface area contributed by atoms with Gasteiger partial charge in [0.25, 0.3) is 0 Å². The fraction of sp³-hybridized carbons (Fsp3) is 0.333. The normalized spacial score (nSPS) is 11.6. The van der Waals surface area contributed by atoms with E-state index in [9.17, 15) is 9.59 Å². The summed E-state index contributed by atoms with van der Waals surface area (Å²) >= 11 is 1.49. The van der Waals surface area contributed by atoms with Gasteiger partial charge in [-0.15, -0.1) is 6.42 Å². The van der Waals surface area contributed by atoms with Crippen LogP contribution in [-0.2, 0) is 19.1 Å². The molecule has 0 bridgehead atoms. The summed E-state index contributed by atoms with van der Waals surface area (Å²) in [6.07, 6.45) is 5.92. The summed E-state index contributed by atoms with van der Waals surface area (Å²) in [4.78, 5) is 27.4. The molecule has 7 heteroatoms. The van der Waals surface area contributed by atoms with Gasteiger partial charge in [-0.25, -0.2) is 0 Å². The summed E-state index contributed by atoms with van der Waals surface area (Å²) in [5, 5.41) is 1.93. The van der Waals surface area contributed by atoms with E-state index in [4.69, 9.17) is 15.9 Å². The summed E-state index contributed by atoms with van der Waals surface area (Å²) in [5.41, 5.74) is 3.05. The maximum absolute atomic E-state index is 12.4. The van der Waals surface area contributed by atoms with E-state index in [1.165, 1.54) is 31.7 Å². The lowest BCUT2D eigenvalue weighted by Gasteiger charge is -2.31. The number of methoxy groups -OCH3 is 2. The van der Waals surface area contributed by atoms with E-state index >= 15 is 0 Å². The number of ether oxygens (including phenoxy) is 2. The Kier molecular flexibility index (Phi) is 9.87. The number of terminal acetylenes is 1. The molecule has 3 rings (SSSR count). The molecule has 0 aliphatic heterocycles. The number of anilines is 2. The molecule has 0 spiro atoms. The minimum Gasteiger partial charge on any atom is -0.469 e. The molecule has 0 saturated heterocycles. The van der Waals surface area contributed by atoms with Gasteiger partial charge in [0.15, 0.2) is 0 Å². The average Bonchev–Trinajstić information content (AvgIpc) is 2.90. The molecule has 37 heavy (non-hydrogen) atoms. The highest BCUT2D eigenvalue weighted by Gasteiger charge is 2.22. The number of hydrogen-bond donors (Lipinski definition) is 0. The predicted octanol–water partition coefficient (Wildman–Crippen LogP) is 6.04. The Labute approximate surface area is 224 Å². The molecule has 1 unspecified atom stereocenters. The molecular formula is C30H34N2O4S. The number of fused-ring (bicyclic) bond motifs is 1. The van der Waals surface area contributed by atoms with Gasteiger partial charge in [-0.3, -0.25) is 9.59 Å². The van der Waals surface area contributed by atoms with E-state index in [2.05, 4.69) is 44.0 Å². The molecule has 0 amide bonds. The van der Waals surface area contributed by atoms with Gasteiger partial charge in [-0.05, 0) is 54.6 Å². The smallest absolute Gasteiger partial charge is 0.326 e. The zero-order valence-corrected chi connectivity index (χ0v) is 22.9. The van der Waals surface area contributed by atoms with Gasteiger partial charge in [0.1, 0.15) is 6.54 Å². The van der Waals surface area contributed by atoms with E-state index in [1.54, 1.807) is 0 Å². The van der Waals surface area contributed by atoms with Gasteiger partial charge in [0, 0.05) is 27.4 Å². The van der Waals surface area contributed by atoms with Crippen LogP contribution in [0.3, 0.4) is 0 Å². The number of esters is 2. The number of nitrogens with zero attached hydrogens (tertiary/aromatic N) is 2. The Morgan fingerprint density at radius 2 is 1.49 bits per heavy atom. The number of carbonyl (C=O) groups excluding carboxylic acids is 2. The van der Waals surface area contributed by atoms with Gasteiger partial charge in [0.05, 0.1) is 32.9 Å². The van der Waals surface area contributed by atoms with Gasteiger partial charge < -0.3 is 18.7 Å². The monoisotopic (exact) mass is 518 g/mol. The molecule has 0 aliphatic carbocycles. The molecule has 0 aromatic heterocycles. The number of carbonyl (C=O) groups is 2. The Bertz CT molecular complexity index is 1270. The molecule has 194 valence electrons. The standard InChI is InChI=1S/C30H34N2O4S/c1-7-18-31(22(4)19-29(33)35-5)27-16-17-28(26-11-9-8-10-25(26)27)32(20-30(34)36-6)37-24-14-12-23(13-15-24)21(2)3/h1,8-17,21-22H,18-20H2,2-6H3. The summed E-state index contributed by atoms with van der Waals surface area (Å²) in [7, 11) is 2.78. The first-order chi connectivity index (χ1) is 17.8. The maximum Gasteiger partial charge on any atom is 0.326 e. The van der Waals surface area contributed by atoms with Crippen LogP contribution >= 0.6 is 11.9 Å². The van der Waals surface area contributed by atoms with Crippen LogP contribution in [0.4, 0.5) is 11.4 Å². The van der Waals surface area contributed by atoms with Crippen molar-refractivity contribution in [3.8, 4) is 12.3 Å². The number of benzene rings is 3. The van der Waals surface area contributed by atoms with Crippen molar-refractivity contribution in [2.24, 2.45) is 0 Å². The lowest BCUT2D eigenvalue weighted by Crippen LogP contribution is -2.35. The van der Waals surface area contributed by atoms with Gasteiger partial charge in [0.2, 0.25) is 0 Å². The van der Waals surface area contributed by atoms with Gasteiger partial charge >= 0.3 is 11.9 Å². The number of hydrogen-bond acceptors (Lipinski definition) is 7. The third-order valence-electron chi connectivity index (χ3n) is 6.20. The van der Waals surface area contributed by atoms with Crippen molar-refractivity contribution in [3.05, 3.63) is 66.2 Å². The van der Waals surface area contributed by atoms with Crippen molar-refractivity contribution in [1.82, 2.24) is 0 Å². The minimum atomic E-state index is -0.333. The summed E-state index contributed by atoms with van der Waals surface area (Å²) in [6, 6.07) is 20.2. The molecule has 0 radical (unpaired) electrons. The van der Waals surface area contributed by atoms with Crippen LogP contribution in [0.15, 0.2) is 65.6 Å². The molecule has 3 aromatic rings. The van der Waals surface area contributed by atoms with E-state index < -0.39 is 0 Å². The highest BCUT2D eigenvalue weighted by atomic mass is 32.2. The van der Waals surface area contributed by atoms with Crippen LogP contribution in [-0.4, -0.2) is 45.3 Å². The molecule has 1 atom stereocenters. The van der Waals surface area contributed by atoms with Crippen molar-refractivity contribution in [1.29, 1.82) is 0 Å². The molecule has 0 N–H and O–H groups in total. The highest BCUT2D eigenvalue weighted by molar-refractivity contribution is 8.00. The summed E-state index contributed by atoms with van der Waals surface area (Å²) < 4.78 is 11.8. The third kappa shape index (κ3) is 6.99. The second kappa shape index (κ2) is 13.1. The zero-order valence-electron chi connectivity index (χ0n) is 22.1. The van der Waals surface area contributed by atoms with E-state index in [0.29, 0.717) is 12.5 Å². The van der Waals surface area contributed by atoms with Crippen LogP contribution in [0.5, 0.6) is 0 Å². The molecular weight excluding hydrogens is 484 g/mol. The first-order valence-electron chi connectivity index (χ1n) is 12.2.